The Balaban J connectivity index is 2.21. The number of rotatable bonds is 2. The molecular weight excluding hydrogens is 266 g/mol. The first-order chi connectivity index (χ1) is 9.07. The van der Waals surface area contributed by atoms with Gasteiger partial charge in [-0.1, -0.05) is 11.1 Å². The molecule has 6 nitrogen and oxygen atoms in total. The zero-order valence-corrected chi connectivity index (χ0v) is 11.0. The lowest BCUT2D eigenvalue weighted by molar-refractivity contribution is 0.309. The molecule has 0 atom stereocenters. The van der Waals surface area contributed by atoms with Gasteiger partial charge in [-0.2, -0.15) is 4.31 Å². The maximum Gasteiger partial charge on any atom is 0.244 e. The van der Waals surface area contributed by atoms with Crippen LogP contribution in [0.2, 0.25) is 0 Å². The third kappa shape index (κ3) is 2.75. The lowest BCUT2D eigenvalue weighted by Crippen LogP contribution is -2.38. The SMILES string of the molecule is C#Cc1ccc(S(=O)(=O)N2CCC(=NO)CC2)cn1. The number of nitrogens with zero attached hydrogens (tertiary/aromatic N) is 3. The standard InChI is InChI=1S/C12H13N3O3S/c1-2-10-3-4-12(9-13-10)19(17,18)15-7-5-11(14-16)6-8-15/h1,3-4,9,16H,5-8H2. The zero-order chi connectivity index (χ0) is 13.9. The molecule has 19 heavy (non-hydrogen) atoms. The molecule has 1 aromatic heterocycles. The third-order valence-corrected chi connectivity index (χ3v) is 4.85. The first kappa shape index (κ1) is 13.5. The number of sulfonamides is 1. The molecule has 0 unspecified atom stereocenters. The summed E-state index contributed by atoms with van der Waals surface area (Å²) in [6, 6.07) is 2.95. The van der Waals surface area contributed by atoms with Crippen molar-refractivity contribution in [1.82, 2.24) is 9.29 Å². The van der Waals surface area contributed by atoms with E-state index in [9.17, 15) is 8.42 Å². The van der Waals surface area contributed by atoms with Crippen LogP contribution in [0.4, 0.5) is 0 Å². The highest BCUT2D eigenvalue weighted by Crippen LogP contribution is 2.19. The largest absolute Gasteiger partial charge is 0.411 e. The van der Waals surface area contributed by atoms with Crippen molar-refractivity contribution in [2.45, 2.75) is 17.7 Å². The van der Waals surface area contributed by atoms with Crippen LogP contribution in [-0.2, 0) is 10.0 Å². The van der Waals surface area contributed by atoms with Gasteiger partial charge in [0, 0.05) is 32.1 Å². The van der Waals surface area contributed by atoms with Crippen LogP contribution in [0.25, 0.3) is 0 Å². The van der Waals surface area contributed by atoms with Crippen LogP contribution in [0.3, 0.4) is 0 Å². The van der Waals surface area contributed by atoms with E-state index in [1.807, 2.05) is 0 Å². The van der Waals surface area contributed by atoms with Gasteiger partial charge in [0.2, 0.25) is 10.0 Å². The number of pyridine rings is 1. The summed E-state index contributed by atoms with van der Waals surface area (Å²) in [5, 5.41) is 11.8. The molecule has 7 heteroatoms. The van der Waals surface area contributed by atoms with Gasteiger partial charge in [0.25, 0.3) is 0 Å². The minimum absolute atomic E-state index is 0.121. The van der Waals surface area contributed by atoms with Crippen LogP contribution in [-0.4, -0.2) is 41.7 Å². The Morgan fingerprint density at radius 2 is 2.05 bits per heavy atom. The average Bonchev–Trinajstić information content (AvgIpc) is 2.47. The maximum absolute atomic E-state index is 12.3. The molecule has 1 aromatic rings. The summed E-state index contributed by atoms with van der Waals surface area (Å²) >= 11 is 0. The van der Waals surface area contributed by atoms with Crippen molar-refractivity contribution in [2.24, 2.45) is 5.16 Å². The molecule has 0 radical (unpaired) electrons. The number of aromatic nitrogens is 1. The van der Waals surface area contributed by atoms with Crippen molar-refractivity contribution < 1.29 is 13.6 Å². The summed E-state index contributed by atoms with van der Waals surface area (Å²) in [6.45, 7) is 0.608. The molecule has 1 saturated heterocycles. The van der Waals surface area contributed by atoms with Crippen molar-refractivity contribution in [3.63, 3.8) is 0 Å². The van der Waals surface area contributed by atoms with Crippen molar-refractivity contribution in [3.8, 4) is 12.3 Å². The summed E-state index contributed by atoms with van der Waals surface area (Å²) in [5.41, 5.74) is 1.01. The molecule has 2 rings (SSSR count). The molecule has 1 N–H and O–H groups in total. The van der Waals surface area contributed by atoms with Crippen molar-refractivity contribution in [1.29, 1.82) is 0 Å². The van der Waals surface area contributed by atoms with Gasteiger partial charge >= 0.3 is 0 Å². The van der Waals surface area contributed by atoms with Gasteiger partial charge in [0.15, 0.2) is 0 Å². The predicted octanol–water partition coefficient (Wildman–Crippen LogP) is 0.678. The molecule has 0 amide bonds. The van der Waals surface area contributed by atoms with Gasteiger partial charge in [-0.05, 0) is 12.1 Å². The van der Waals surface area contributed by atoms with E-state index < -0.39 is 10.0 Å². The quantitative estimate of drug-likeness (QED) is 0.490. The molecule has 0 saturated carbocycles. The van der Waals surface area contributed by atoms with Gasteiger partial charge < -0.3 is 5.21 Å². The summed E-state index contributed by atoms with van der Waals surface area (Å²) in [4.78, 5) is 4.00. The second-order valence-electron chi connectivity index (χ2n) is 4.09. The maximum atomic E-state index is 12.3. The van der Waals surface area contributed by atoms with Gasteiger partial charge in [0.05, 0.1) is 5.71 Å². The van der Waals surface area contributed by atoms with Crippen LogP contribution >= 0.6 is 0 Å². The minimum atomic E-state index is -3.55. The van der Waals surface area contributed by atoms with E-state index in [-0.39, 0.29) is 4.90 Å². The molecule has 0 spiro atoms. The first-order valence-electron chi connectivity index (χ1n) is 5.70. The van der Waals surface area contributed by atoms with Crippen LogP contribution in [0.5, 0.6) is 0 Å². The summed E-state index contributed by atoms with van der Waals surface area (Å²) in [5.74, 6) is 2.34. The molecular formula is C12H13N3O3S. The third-order valence-electron chi connectivity index (χ3n) is 2.96. The molecule has 2 heterocycles. The lowest BCUT2D eigenvalue weighted by atomic mass is 10.1. The van der Waals surface area contributed by atoms with Gasteiger partial charge in [-0.25, -0.2) is 13.4 Å². The number of hydrogen-bond donors (Lipinski definition) is 1. The summed E-state index contributed by atoms with van der Waals surface area (Å²) in [6.07, 6.45) is 7.31. The number of terminal acetylenes is 1. The smallest absolute Gasteiger partial charge is 0.244 e. The topological polar surface area (TPSA) is 82.9 Å². The summed E-state index contributed by atoms with van der Waals surface area (Å²) < 4.78 is 26.0. The van der Waals surface area contributed by atoms with Gasteiger partial charge in [0.1, 0.15) is 10.6 Å². The van der Waals surface area contributed by atoms with Crippen molar-refractivity contribution >= 4 is 15.7 Å². The van der Waals surface area contributed by atoms with Gasteiger partial charge in [-0.15, -0.1) is 6.42 Å². The van der Waals surface area contributed by atoms with Crippen molar-refractivity contribution in [3.05, 3.63) is 24.0 Å². The Bertz CT molecular complexity index is 619. The number of hydrogen-bond acceptors (Lipinski definition) is 5. The minimum Gasteiger partial charge on any atom is -0.411 e. The second-order valence-corrected chi connectivity index (χ2v) is 6.03. The van der Waals surface area contributed by atoms with Crippen LogP contribution < -0.4 is 0 Å². The molecule has 0 aromatic carbocycles. The van der Waals surface area contributed by atoms with Crippen LogP contribution in [0.1, 0.15) is 18.5 Å². The van der Waals surface area contributed by atoms with Crippen molar-refractivity contribution in [2.75, 3.05) is 13.1 Å². The molecule has 0 aliphatic carbocycles. The highest BCUT2D eigenvalue weighted by atomic mass is 32.2. The van der Waals surface area contributed by atoms with Crippen LogP contribution in [0.15, 0.2) is 28.4 Å². The monoisotopic (exact) mass is 279 g/mol. The molecule has 1 fully saturated rings. The fourth-order valence-electron chi connectivity index (χ4n) is 1.85. The number of piperidine rings is 1. The van der Waals surface area contributed by atoms with Crippen LogP contribution in [0, 0.1) is 12.3 Å². The van der Waals surface area contributed by atoms with E-state index in [1.165, 1.54) is 22.6 Å². The highest BCUT2D eigenvalue weighted by Gasteiger charge is 2.28. The van der Waals surface area contributed by atoms with E-state index in [2.05, 4.69) is 16.1 Å². The molecule has 0 bridgehead atoms. The van der Waals surface area contributed by atoms with E-state index >= 15 is 0 Å². The fourth-order valence-corrected chi connectivity index (χ4v) is 3.24. The molecule has 100 valence electrons. The fraction of sp³-hybridized carbons (Fsp3) is 0.333. The number of oxime groups is 1. The average molecular weight is 279 g/mol. The Morgan fingerprint density at radius 3 is 2.53 bits per heavy atom. The highest BCUT2D eigenvalue weighted by molar-refractivity contribution is 7.89. The Morgan fingerprint density at radius 1 is 1.37 bits per heavy atom. The van der Waals surface area contributed by atoms with Gasteiger partial charge in [-0.3, -0.25) is 0 Å². The molecule has 1 aliphatic heterocycles. The second kappa shape index (κ2) is 5.38. The molecule has 1 aliphatic rings. The first-order valence-corrected chi connectivity index (χ1v) is 7.14. The van der Waals surface area contributed by atoms with E-state index in [0.29, 0.717) is 37.3 Å². The van der Waals surface area contributed by atoms with E-state index in [0.717, 1.165) is 0 Å². The summed E-state index contributed by atoms with van der Waals surface area (Å²) in [7, 11) is -3.55. The van der Waals surface area contributed by atoms with E-state index in [4.69, 9.17) is 11.6 Å². The predicted molar refractivity (Wildman–Crippen MR) is 69.4 cm³/mol. The van der Waals surface area contributed by atoms with E-state index in [1.54, 1.807) is 0 Å². The normalized spacial score (nSPS) is 16.9. The Hall–Kier alpha value is -1.91. The Kier molecular flexibility index (Phi) is 3.83. The lowest BCUT2D eigenvalue weighted by Gasteiger charge is -2.26. The Labute approximate surface area is 111 Å². The zero-order valence-electron chi connectivity index (χ0n) is 10.2.